The lowest BCUT2D eigenvalue weighted by Crippen LogP contribution is -2.23. The smallest absolute Gasteiger partial charge is 0.337 e. The molecule has 1 aromatic rings. The molecule has 2 rings (SSSR count). The molecule has 0 aromatic carbocycles. The predicted molar refractivity (Wildman–Crippen MR) is 48.9 cm³/mol. The van der Waals surface area contributed by atoms with E-state index in [1.807, 2.05) is 0 Å². The zero-order valence-corrected chi connectivity index (χ0v) is 7.73. The molecule has 1 aliphatic rings. The van der Waals surface area contributed by atoms with Crippen LogP contribution in [-0.4, -0.2) is 35.5 Å². The minimum absolute atomic E-state index is 0.179. The summed E-state index contributed by atoms with van der Waals surface area (Å²) in [7, 11) is 0. The van der Waals surface area contributed by atoms with Crippen LogP contribution in [0.5, 0.6) is 0 Å². The molecular formula is C8H10N4O2. The van der Waals surface area contributed by atoms with Crippen LogP contribution in [0.2, 0.25) is 0 Å². The fourth-order valence-electron chi connectivity index (χ4n) is 1.15. The number of carbonyl (C=O) groups excluding carboxylic acids is 1. The average molecular weight is 194 g/mol. The Morgan fingerprint density at radius 3 is 3.21 bits per heavy atom. The lowest BCUT2D eigenvalue weighted by atomic mass is 10.4. The first-order valence-corrected chi connectivity index (χ1v) is 4.28. The van der Waals surface area contributed by atoms with Crippen LogP contribution in [0.3, 0.4) is 0 Å². The minimum atomic E-state index is -0.179. The van der Waals surface area contributed by atoms with Crippen LogP contribution in [0.15, 0.2) is 15.7 Å². The van der Waals surface area contributed by atoms with Gasteiger partial charge in [-0.05, 0) is 6.92 Å². The Labute approximate surface area is 80.6 Å². The maximum atomic E-state index is 11.1. The molecule has 0 spiro atoms. The lowest BCUT2D eigenvalue weighted by Gasteiger charge is -2.03. The maximum absolute atomic E-state index is 11.1. The van der Waals surface area contributed by atoms with E-state index in [2.05, 4.69) is 15.6 Å². The van der Waals surface area contributed by atoms with Crippen LogP contribution in [0, 0.1) is 6.92 Å². The highest BCUT2D eigenvalue weighted by atomic mass is 16.5. The van der Waals surface area contributed by atoms with E-state index in [1.54, 1.807) is 13.0 Å². The Bertz CT molecular complexity index is 371. The molecule has 1 saturated heterocycles. The summed E-state index contributed by atoms with van der Waals surface area (Å²) >= 11 is 0. The number of hydrogen-bond donors (Lipinski definition) is 1. The monoisotopic (exact) mass is 194 g/mol. The second-order valence-corrected chi connectivity index (χ2v) is 2.96. The van der Waals surface area contributed by atoms with Crippen molar-refractivity contribution < 1.29 is 9.32 Å². The van der Waals surface area contributed by atoms with Crippen LogP contribution >= 0.6 is 0 Å². The summed E-state index contributed by atoms with van der Waals surface area (Å²) in [5.41, 5.74) is 0.613. The summed E-state index contributed by atoms with van der Waals surface area (Å²) in [6.07, 6.45) is 1.50. The van der Waals surface area contributed by atoms with Gasteiger partial charge >= 0.3 is 6.03 Å². The number of hydrogen-bond acceptors (Lipinski definition) is 4. The first kappa shape index (κ1) is 8.74. The molecule has 0 bridgehead atoms. The van der Waals surface area contributed by atoms with Gasteiger partial charge in [0.25, 0.3) is 0 Å². The topological polar surface area (TPSA) is 70.7 Å². The molecular weight excluding hydrogens is 184 g/mol. The second-order valence-electron chi connectivity index (χ2n) is 2.96. The largest absolute Gasteiger partial charge is 0.361 e. The third-order valence-corrected chi connectivity index (χ3v) is 1.81. The molecule has 0 saturated carbocycles. The van der Waals surface area contributed by atoms with E-state index in [4.69, 9.17) is 4.52 Å². The predicted octanol–water partition coefficient (Wildman–Crippen LogP) is 0.342. The van der Waals surface area contributed by atoms with E-state index in [0.29, 0.717) is 18.8 Å². The van der Waals surface area contributed by atoms with Gasteiger partial charge in [0, 0.05) is 12.6 Å². The van der Waals surface area contributed by atoms with Crippen molar-refractivity contribution in [2.24, 2.45) is 5.10 Å². The Balaban J connectivity index is 2.03. The highest BCUT2D eigenvalue weighted by molar-refractivity contribution is 5.80. The molecule has 6 nitrogen and oxygen atoms in total. The Kier molecular flexibility index (Phi) is 2.18. The summed E-state index contributed by atoms with van der Waals surface area (Å²) in [5, 5.41) is 11.7. The fourth-order valence-corrected chi connectivity index (χ4v) is 1.15. The summed E-state index contributed by atoms with van der Waals surface area (Å²) < 4.78 is 4.85. The molecule has 0 radical (unpaired) electrons. The van der Waals surface area contributed by atoms with Crippen LogP contribution < -0.4 is 5.32 Å². The van der Waals surface area contributed by atoms with E-state index in [1.165, 1.54) is 11.2 Å². The molecule has 0 atom stereocenters. The summed E-state index contributed by atoms with van der Waals surface area (Å²) in [6, 6.07) is 1.57. The zero-order valence-electron chi connectivity index (χ0n) is 7.73. The van der Waals surface area contributed by atoms with Crippen molar-refractivity contribution in [1.82, 2.24) is 15.5 Å². The quantitative estimate of drug-likeness (QED) is 0.690. The van der Waals surface area contributed by atoms with Crippen molar-refractivity contribution in [1.29, 1.82) is 0 Å². The molecule has 6 heteroatoms. The maximum Gasteiger partial charge on any atom is 0.337 e. The fraction of sp³-hybridized carbons (Fsp3) is 0.375. The van der Waals surface area contributed by atoms with Crippen LogP contribution in [0.1, 0.15) is 11.5 Å². The second kappa shape index (κ2) is 3.49. The van der Waals surface area contributed by atoms with Gasteiger partial charge in [0.2, 0.25) is 0 Å². The van der Waals surface area contributed by atoms with E-state index in [9.17, 15) is 4.79 Å². The highest BCUT2D eigenvalue weighted by Crippen LogP contribution is 2.00. The van der Waals surface area contributed by atoms with Gasteiger partial charge in [0.1, 0.15) is 11.5 Å². The SMILES string of the molecule is Cc1cc(C=NN2CCNC2=O)no1. The highest BCUT2D eigenvalue weighted by Gasteiger charge is 2.17. The van der Waals surface area contributed by atoms with E-state index in [0.717, 1.165) is 5.76 Å². The van der Waals surface area contributed by atoms with Crippen LogP contribution in [0.4, 0.5) is 4.79 Å². The molecule has 2 amide bonds. The van der Waals surface area contributed by atoms with E-state index in [-0.39, 0.29) is 6.03 Å². The van der Waals surface area contributed by atoms with Gasteiger partial charge in [-0.2, -0.15) is 5.10 Å². The third kappa shape index (κ3) is 1.73. The van der Waals surface area contributed by atoms with Crippen LogP contribution in [0.25, 0.3) is 0 Å². The Hall–Kier alpha value is -1.85. The van der Waals surface area contributed by atoms with Gasteiger partial charge in [0.15, 0.2) is 0 Å². The molecule has 1 fully saturated rings. The lowest BCUT2D eigenvalue weighted by molar-refractivity contribution is 0.219. The summed E-state index contributed by atoms with van der Waals surface area (Å²) in [6.45, 7) is 3.02. The normalized spacial score (nSPS) is 16.6. The number of aryl methyl sites for hydroxylation is 1. The standard InChI is InChI=1S/C8H10N4O2/c1-6-4-7(11-14-6)5-10-12-3-2-9-8(12)13/h4-5H,2-3H2,1H3,(H,9,13). The average Bonchev–Trinajstić information content (AvgIpc) is 2.72. The van der Waals surface area contributed by atoms with Crippen molar-refractivity contribution in [3.05, 3.63) is 17.5 Å². The van der Waals surface area contributed by atoms with Crippen molar-refractivity contribution in [3.8, 4) is 0 Å². The number of rotatable bonds is 2. The van der Waals surface area contributed by atoms with E-state index >= 15 is 0 Å². The van der Waals surface area contributed by atoms with Crippen molar-refractivity contribution >= 4 is 12.2 Å². The molecule has 14 heavy (non-hydrogen) atoms. The van der Waals surface area contributed by atoms with E-state index < -0.39 is 0 Å². The van der Waals surface area contributed by atoms with Crippen molar-refractivity contribution in [2.75, 3.05) is 13.1 Å². The first-order valence-electron chi connectivity index (χ1n) is 4.28. The number of nitrogens with zero attached hydrogens (tertiary/aromatic N) is 3. The van der Waals surface area contributed by atoms with Crippen molar-refractivity contribution in [3.63, 3.8) is 0 Å². The number of urea groups is 1. The number of carbonyl (C=O) groups is 1. The third-order valence-electron chi connectivity index (χ3n) is 1.81. The van der Waals surface area contributed by atoms with Gasteiger partial charge in [-0.15, -0.1) is 0 Å². The summed E-state index contributed by atoms with van der Waals surface area (Å²) in [4.78, 5) is 11.1. The van der Waals surface area contributed by atoms with Gasteiger partial charge in [-0.1, -0.05) is 5.16 Å². The molecule has 1 aliphatic heterocycles. The molecule has 0 aliphatic carbocycles. The number of aromatic nitrogens is 1. The first-order chi connectivity index (χ1) is 6.75. The Morgan fingerprint density at radius 2 is 2.64 bits per heavy atom. The molecule has 74 valence electrons. The van der Waals surface area contributed by atoms with Gasteiger partial charge in [-0.3, -0.25) is 0 Å². The van der Waals surface area contributed by atoms with Crippen molar-refractivity contribution in [2.45, 2.75) is 6.92 Å². The molecule has 2 heterocycles. The van der Waals surface area contributed by atoms with Gasteiger partial charge in [-0.25, -0.2) is 9.80 Å². The number of hydrazone groups is 1. The number of amides is 2. The minimum Gasteiger partial charge on any atom is -0.361 e. The number of nitrogens with one attached hydrogen (secondary N) is 1. The molecule has 1 aromatic heterocycles. The Morgan fingerprint density at radius 1 is 1.79 bits per heavy atom. The molecule has 1 N–H and O–H groups in total. The zero-order chi connectivity index (χ0) is 9.97. The summed E-state index contributed by atoms with van der Waals surface area (Å²) in [5.74, 6) is 0.720. The van der Waals surface area contributed by atoms with Gasteiger partial charge < -0.3 is 9.84 Å². The van der Waals surface area contributed by atoms with Gasteiger partial charge in [0.05, 0.1) is 12.8 Å². The molecule has 0 unspecified atom stereocenters. The van der Waals surface area contributed by atoms with Crippen LogP contribution in [-0.2, 0) is 0 Å².